The summed E-state index contributed by atoms with van der Waals surface area (Å²) in [4.78, 5) is 3.99. The average molecular weight is 941 g/mol. The smallest absolute Gasteiger partial charge is 0.0948 e. The van der Waals surface area contributed by atoms with Crippen molar-refractivity contribution >= 4 is 74.5 Å². The fourth-order valence-electron chi connectivity index (χ4n) is 2.97. The molecule has 7 heteroatoms. The third kappa shape index (κ3) is 16.2. The molecule has 1 heterocycles. The van der Waals surface area contributed by atoms with Gasteiger partial charge in [-0.3, -0.25) is 0 Å². The quantitative estimate of drug-likeness (QED) is 0.294. The van der Waals surface area contributed by atoms with Crippen LogP contribution in [0.4, 0.5) is 0 Å². The van der Waals surface area contributed by atoms with Gasteiger partial charge in [-0.25, -0.2) is 4.98 Å². The summed E-state index contributed by atoms with van der Waals surface area (Å²) in [5.41, 5.74) is 0. The predicted molar refractivity (Wildman–Crippen MR) is 153 cm³/mol. The fraction of sp³-hybridized carbons (Fsp3) is 0.850. The van der Waals surface area contributed by atoms with Gasteiger partial charge in [0.1, 0.15) is 0 Å². The van der Waals surface area contributed by atoms with Gasteiger partial charge in [0.05, 0.1) is 6.33 Å². The van der Waals surface area contributed by atoms with Gasteiger partial charge < -0.3 is 4.57 Å². The van der Waals surface area contributed by atoms with Crippen molar-refractivity contribution in [3.05, 3.63) is 18.7 Å². The summed E-state index contributed by atoms with van der Waals surface area (Å²) in [6, 6.07) is 0.771. The second-order valence-corrected chi connectivity index (χ2v) is 23.3. The van der Waals surface area contributed by atoms with Crippen molar-refractivity contribution in [2.24, 2.45) is 11.8 Å². The molecule has 0 atom stereocenters. The van der Waals surface area contributed by atoms with Crippen LogP contribution in [0.2, 0.25) is 0 Å². The summed E-state index contributed by atoms with van der Waals surface area (Å²) in [5, 5.41) is 0. The Balaban J connectivity index is 0. The third-order valence-corrected chi connectivity index (χ3v) is 5.63. The molecule has 2 nitrogen and oxygen atoms in total. The maximum Gasteiger partial charge on any atom is 0.0948 e. The zero-order valence-corrected chi connectivity index (χ0v) is 26.8. The van der Waals surface area contributed by atoms with E-state index in [1.54, 1.807) is 0 Å². The van der Waals surface area contributed by atoms with Crippen molar-refractivity contribution < 1.29 is 13.3 Å². The Morgan fingerprint density at radius 1 is 0.889 bits per heavy atom. The van der Waals surface area contributed by atoms with Gasteiger partial charge in [-0.2, -0.15) is 0 Å². The van der Waals surface area contributed by atoms with Gasteiger partial charge in [0.2, 0.25) is 0 Å². The van der Waals surface area contributed by atoms with Crippen molar-refractivity contribution in [2.75, 3.05) is 0 Å². The van der Waals surface area contributed by atoms with Crippen molar-refractivity contribution in [1.82, 2.24) is 9.55 Å². The number of aromatic nitrogens is 2. The van der Waals surface area contributed by atoms with Gasteiger partial charge in [0.25, 0.3) is 0 Å². The van der Waals surface area contributed by atoms with Gasteiger partial charge in [-0.05, 0) is 31.1 Å². The maximum absolute atomic E-state index is 3.99. The van der Waals surface area contributed by atoms with Crippen molar-refractivity contribution in [3.8, 4) is 0 Å². The molecule has 0 saturated heterocycles. The molecule has 164 valence electrons. The standard InChI is InChI=1S/C7H10N2.2C6H12.CH4.I3.I2/c1-2-7(3-1)9-5-4-8-6-9;2*1-2-6-4-3-5-6;;1-3-2;1-2/h4-7H,1-3H2;2*6H,2-5H2,1H3;1H4;;/q;;;;-1;. The minimum absolute atomic E-state index is 0. The van der Waals surface area contributed by atoms with Crippen LogP contribution >= 0.6 is 74.5 Å². The summed E-state index contributed by atoms with van der Waals surface area (Å²) in [6.07, 6.45) is 21.7. The van der Waals surface area contributed by atoms with Gasteiger partial charge in [-0.1, -0.05) is 72.6 Å². The van der Waals surface area contributed by atoms with Gasteiger partial charge in [-0.15, -0.1) is 0 Å². The summed E-state index contributed by atoms with van der Waals surface area (Å²) >= 11 is 9.54. The van der Waals surface area contributed by atoms with Crippen molar-refractivity contribution in [1.29, 1.82) is 0 Å². The molecule has 3 aliphatic carbocycles. The van der Waals surface area contributed by atoms with Crippen LogP contribution in [0, 0.1) is 11.8 Å². The van der Waals surface area contributed by atoms with E-state index in [4.69, 9.17) is 0 Å². The summed E-state index contributed by atoms with van der Waals surface area (Å²) in [5.74, 6) is 2.23. The number of hydrogen-bond donors (Lipinski definition) is 0. The van der Waals surface area contributed by atoms with Gasteiger partial charge in [0.15, 0.2) is 0 Å². The average Bonchev–Trinajstić information content (AvgIpc) is 3.01. The molecular weight excluding hydrogens is 903 g/mol. The first-order valence-corrected chi connectivity index (χ1v) is 28.6. The van der Waals surface area contributed by atoms with Crippen LogP contribution < -0.4 is 13.3 Å². The van der Waals surface area contributed by atoms with E-state index in [0.717, 1.165) is 17.9 Å². The van der Waals surface area contributed by atoms with Crippen LogP contribution in [0.25, 0.3) is 0 Å². The number of rotatable bonds is 3. The maximum atomic E-state index is 3.99. The Labute approximate surface area is 222 Å². The monoisotopic (exact) mass is 941 g/mol. The van der Waals surface area contributed by atoms with Crippen molar-refractivity contribution in [2.45, 2.75) is 97.9 Å². The zero-order valence-electron chi connectivity index (χ0n) is 16.0. The van der Waals surface area contributed by atoms with Gasteiger partial charge in [0, 0.05) is 55.7 Å². The third-order valence-electron chi connectivity index (χ3n) is 5.63. The molecule has 0 radical (unpaired) electrons. The molecule has 1 aromatic heterocycles. The summed E-state index contributed by atoms with van der Waals surface area (Å²) < 4.78 is 2.20. The molecule has 3 aliphatic rings. The summed E-state index contributed by atoms with van der Waals surface area (Å²) in [7, 11) is 0. The van der Waals surface area contributed by atoms with Crippen LogP contribution in [0.1, 0.15) is 97.9 Å². The van der Waals surface area contributed by atoms with E-state index < -0.39 is 0 Å². The Kier molecular flexibility index (Phi) is 27.9. The molecule has 27 heavy (non-hydrogen) atoms. The van der Waals surface area contributed by atoms with E-state index in [1.165, 1.54) is 70.6 Å². The molecule has 0 N–H and O–H groups in total. The second-order valence-electron chi connectivity index (χ2n) is 7.06. The topological polar surface area (TPSA) is 17.8 Å². The van der Waals surface area contributed by atoms with Crippen LogP contribution in [-0.4, -0.2) is 9.55 Å². The molecule has 3 saturated carbocycles. The zero-order chi connectivity index (χ0) is 19.6. The fourth-order valence-corrected chi connectivity index (χ4v) is 2.97. The largest absolute Gasteiger partial charge is 0.334 e. The molecule has 1 aromatic rings. The number of hydrogen-bond acceptors (Lipinski definition) is 1. The van der Waals surface area contributed by atoms with E-state index >= 15 is 0 Å². The minimum atomic E-state index is 0. The van der Waals surface area contributed by atoms with Crippen molar-refractivity contribution in [3.63, 3.8) is 0 Å². The molecule has 0 unspecified atom stereocenters. The first-order chi connectivity index (χ1) is 12.7. The number of nitrogens with zero attached hydrogens (tertiary/aromatic N) is 2. The minimum Gasteiger partial charge on any atom is -0.334 e. The van der Waals surface area contributed by atoms with E-state index in [9.17, 15) is 0 Å². The summed E-state index contributed by atoms with van der Waals surface area (Å²) in [6.45, 7) is 4.56. The Morgan fingerprint density at radius 3 is 1.44 bits per heavy atom. The van der Waals surface area contributed by atoms with Crippen LogP contribution in [0.5, 0.6) is 0 Å². The predicted octanol–water partition coefficient (Wildman–Crippen LogP) is 7.18. The Hall–Kier alpha value is 2.86. The molecule has 0 bridgehead atoms. The Bertz CT molecular complexity index is 358. The Morgan fingerprint density at radius 2 is 1.30 bits per heavy atom. The molecule has 0 aliphatic heterocycles. The first kappa shape index (κ1) is 32.0. The SMILES string of the molecule is C.CCC1CCC1.CCC1CCC1.II.I[I-]I.c1cn(C2CCC2)cn1. The normalized spacial score (nSPS) is 18.0. The first-order valence-electron chi connectivity index (χ1n) is 9.73. The second kappa shape index (κ2) is 23.5. The van der Waals surface area contributed by atoms with E-state index in [2.05, 4.69) is 97.9 Å². The van der Waals surface area contributed by atoms with E-state index in [1.807, 2.05) is 18.7 Å². The molecule has 3 fully saturated rings. The molecule has 4 rings (SSSR count). The molecule has 0 amide bonds. The number of halogens is 5. The molecular formula is C20H38I5N2-. The molecule has 0 spiro atoms. The van der Waals surface area contributed by atoms with Gasteiger partial charge >= 0.3 is 50.5 Å². The van der Waals surface area contributed by atoms with Crippen LogP contribution in [-0.2, 0) is 0 Å². The van der Waals surface area contributed by atoms with Crippen LogP contribution in [0.15, 0.2) is 18.7 Å². The van der Waals surface area contributed by atoms with E-state index in [0.29, 0.717) is 13.3 Å². The number of imidazole rings is 1. The van der Waals surface area contributed by atoms with Crippen LogP contribution in [0.3, 0.4) is 0 Å². The van der Waals surface area contributed by atoms with E-state index in [-0.39, 0.29) is 7.43 Å². The molecule has 0 aromatic carbocycles.